The molecule has 4 nitrogen and oxygen atoms in total. The van der Waals surface area contributed by atoms with Gasteiger partial charge in [0.2, 0.25) is 0 Å². The molecule has 18 heavy (non-hydrogen) atoms. The summed E-state index contributed by atoms with van der Waals surface area (Å²) in [6, 6.07) is 8.07. The highest BCUT2D eigenvalue weighted by atomic mass is 32.2. The van der Waals surface area contributed by atoms with Crippen molar-refractivity contribution in [2.24, 2.45) is 5.73 Å². The summed E-state index contributed by atoms with van der Waals surface area (Å²) in [5.74, 6) is 0.531. The van der Waals surface area contributed by atoms with Gasteiger partial charge in [0.1, 0.15) is 0 Å². The molecule has 1 fully saturated rings. The van der Waals surface area contributed by atoms with E-state index in [0.29, 0.717) is 25.3 Å². The second kappa shape index (κ2) is 4.99. The summed E-state index contributed by atoms with van der Waals surface area (Å²) in [4.78, 5) is 0. The lowest BCUT2D eigenvalue weighted by atomic mass is 10.0. The lowest BCUT2D eigenvalue weighted by Gasteiger charge is -2.24. The Balaban J connectivity index is 1.95. The van der Waals surface area contributed by atoms with E-state index in [9.17, 15) is 8.42 Å². The highest BCUT2D eigenvalue weighted by molar-refractivity contribution is 7.91. The molecule has 1 aliphatic heterocycles. The Bertz CT molecular complexity index is 510. The van der Waals surface area contributed by atoms with Crippen LogP contribution in [0.3, 0.4) is 0 Å². The number of nitrogens with two attached hydrogens (primary N) is 1. The van der Waals surface area contributed by atoms with Crippen LogP contribution in [0.1, 0.15) is 24.5 Å². The molecule has 5 heteroatoms. The summed E-state index contributed by atoms with van der Waals surface area (Å²) >= 11 is 0. The fraction of sp³-hybridized carbons (Fsp3) is 0.538. The van der Waals surface area contributed by atoms with E-state index in [4.69, 9.17) is 5.73 Å². The highest BCUT2D eigenvalue weighted by Gasteiger charge is 2.37. The molecule has 0 saturated carbocycles. The minimum Gasteiger partial charge on any atom is -0.326 e. The van der Waals surface area contributed by atoms with E-state index < -0.39 is 9.84 Å². The molecular weight excluding hydrogens is 248 g/mol. The van der Waals surface area contributed by atoms with Crippen LogP contribution < -0.4 is 11.1 Å². The summed E-state index contributed by atoms with van der Waals surface area (Å²) in [5, 5.41) is 3.36. The first kappa shape index (κ1) is 13.5. The molecule has 3 N–H and O–H groups in total. The van der Waals surface area contributed by atoms with Crippen molar-refractivity contribution >= 4 is 9.84 Å². The zero-order valence-corrected chi connectivity index (χ0v) is 11.5. The van der Waals surface area contributed by atoms with Gasteiger partial charge in [0.15, 0.2) is 9.84 Å². The molecule has 1 saturated heterocycles. The molecule has 100 valence electrons. The minimum atomic E-state index is -2.85. The first-order chi connectivity index (χ1) is 8.42. The number of sulfone groups is 1. The average molecular weight is 268 g/mol. The van der Waals surface area contributed by atoms with Crippen LogP contribution in [0.4, 0.5) is 0 Å². The molecule has 0 radical (unpaired) electrons. The molecule has 0 amide bonds. The molecule has 1 heterocycles. The van der Waals surface area contributed by atoms with Gasteiger partial charge in [-0.1, -0.05) is 24.3 Å². The largest absolute Gasteiger partial charge is 0.326 e. The van der Waals surface area contributed by atoms with E-state index in [1.165, 1.54) is 0 Å². The van der Waals surface area contributed by atoms with Crippen molar-refractivity contribution in [3.8, 4) is 0 Å². The summed E-state index contributed by atoms with van der Waals surface area (Å²) in [5.41, 5.74) is 7.51. The summed E-state index contributed by atoms with van der Waals surface area (Å²) in [6.45, 7) is 3.21. The Labute approximate surface area is 108 Å². The van der Waals surface area contributed by atoms with Gasteiger partial charge < -0.3 is 11.1 Å². The molecular formula is C13H20N2O2S. The highest BCUT2D eigenvalue weighted by Crippen LogP contribution is 2.23. The van der Waals surface area contributed by atoms with Gasteiger partial charge in [-0.25, -0.2) is 8.42 Å². The van der Waals surface area contributed by atoms with Gasteiger partial charge >= 0.3 is 0 Å². The van der Waals surface area contributed by atoms with E-state index in [-0.39, 0.29) is 11.3 Å². The van der Waals surface area contributed by atoms with Crippen molar-refractivity contribution in [2.75, 3.05) is 11.5 Å². The zero-order chi connectivity index (χ0) is 13.2. The maximum atomic E-state index is 11.5. The third-order valence-corrected chi connectivity index (χ3v) is 5.38. The first-order valence-electron chi connectivity index (χ1n) is 6.16. The third kappa shape index (κ3) is 3.31. The fourth-order valence-electron chi connectivity index (χ4n) is 2.26. The van der Waals surface area contributed by atoms with Gasteiger partial charge in [-0.15, -0.1) is 0 Å². The Kier molecular flexibility index (Phi) is 3.75. The summed E-state index contributed by atoms with van der Waals surface area (Å²) < 4.78 is 23.0. The number of nitrogens with one attached hydrogen (secondary N) is 1. The van der Waals surface area contributed by atoms with Crippen molar-refractivity contribution in [2.45, 2.75) is 32.0 Å². The van der Waals surface area contributed by atoms with Gasteiger partial charge in [0, 0.05) is 18.6 Å². The Morgan fingerprint density at radius 2 is 1.89 bits per heavy atom. The maximum absolute atomic E-state index is 11.5. The molecule has 1 atom stereocenters. The molecule has 0 aliphatic carbocycles. The molecule has 1 aliphatic rings. The van der Waals surface area contributed by atoms with E-state index in [1.54, 1.807) is 0 Å². The molecule has 0 spiro atoms. The van der Waals surface area contributed by atoms with Crippen LogP contribution in [0, 0.1) is 0 Å². The van der Waals surface area contributed by atoms with Gasteiger partial charge in [-0.2, -0.15) is 0 Å². The van der Waals surface area contributed by atoms with Crippen molar-refractivity contribution in [3.05, 3.63) is 35.4 Å². The first-order valence-corrected chi connectivity index (χ1v) is 7.98. The normalized spacial score (nSPS) is 26.3. The van der Waals surface area contributed by atoms with Crippen molar-refractivity contribution in [1.82, 2.24) is 5.32 Å². The van der Waals surface area contributed by atoms with E-state index in [1.807, 2.05) is 31.2 Å². The fourth-order valence-corrected chi connectivity index (χ4v) is 4.38. The van der Waals surface area contributed by atoms with Crippen LogP contribution in [0.15, 0.2) is 24.3 Å². The van der Waals surface area contributed by atoms with Crippen LogP contribution in [-0.4, -0.2) is 25.5 Å². The lowest BCUT2D eigenvalue weighted by Crippen LogP contribution is -2.42. The van der Waals surface area contributed by atoms with Crippen molar-refractivity contribution < 1.29 is 8.42 Å². The van der Waals surface area contributed by atoms with Crippen LogP contribution >= 0.6 is 0 Å². The molecule has 2 rings (SSSR count). The topological polar surface area (TPSA) is 72.2 Å². The van der Waals surface area contributed by atoms with Crippen LogP contribution in [0.5, 0.6) is 0 Å². The second-order valence-corrected chi connectivity index (χ2v) is 7.46. The Morgan fingerprint density at radius 1 is 1.28 bits per heavy atom. The van der Waals surface area contributed by atoms with Crippen molar-refractivity contribution in [1.29, 1.82) is 0 Å². The lowest BCUT2D eigenvalue weighted by molar-refractivity contribution is 0.395. The number of benzene rings is 1. The summed E-state index contributed by atoms with van der Waals surface area (Å²) in [7, 11) is -2.85. The Morgan fingerprint density at radius 3 is 2.39 bits per heavy atom. The molecule has 1 unspecified atom stereocenters. The van der Waals surface area contributed by atoms with E-state index in [0.717, 1.165) is 11.1 Å². The molecule has 0 bridgehead atoms. The smallest absolute Gasteiger partial charge is 0.152 e. The maximum Gasteiger partial charge on any atom is 0.152 e. The third-order valence-electron chi connectivity index (χ3n) is 3.48. The van der Waals surface area contributed by atoms with E-state index in [2.05, 4.69) is 5.32 Å². The number of hydrogen-bond acceptors (Lipinski definition) is 4. The number of hydrogen-bond donors (Lipinski definition) is 2. The van der Waals surface area contributed by atoms with E-state index >= 15 is 0 Å². The minimum absolute atomic E-state index is 0.237. The van der Waals surface area contributed by atoms with Crippen LogP contribution in [0.2, 0.25) is 0 Å². The van der Waals surface area contributed by atoms with Gasteiger partial charge in [0.05, 0.1) is 11.5 Å². The van der Waals surface area contributed by atoms with Gasteiger partial charge in [-0.3, -0.25) is 0 Å². The SMILES string of the molecule is CC1(NCc2ccc(CN)cc2)CCS(=O)(=O)C1. The average Bonchev–Trinajstić information content (AvgIpc) is 2.62. The predicted octanol–water partition coefficient (Wildman–Crippen LogP) is 0.812. The number of rotatable bonds is 4. The molecule has 1 aromatic rings. The standard InChI is InChI=1S/C13H20N2O2S/c1-13(6-7-18(16,17)10-13)15-9-12-4-2-11(8-14)3-5-12/h2-5,15H,6-10,14H2,1H3. The molecule has 1 aromatic carbocycles. The monoisotopic (exact) mass is 268 g/mol. The quantitative estimate of drug-likeness (QED) is 0.848. The van der Waals surface area contributed by atoms with Crippen LogP contribution in [-0.2, 0) is 22.9 Å². The van der Waals surface area contributed by atoms with Crippen LogP contribution in [0.25, 0.3) is 0 Å². The van der Waals surface area contributed by atoms with Crippen molar-refractivity contribution in [3.63, 3.8) is 0 Å². The Hall–Kier alpha value is -0.910. The van der Waals surface area contributed by atoms with Gasteiger partial charge in [0.25, 0.3) is 0 Å². The van der Waals surface area contributed by atoms with Gasteiger partial charge in [-0.05, 0) is 24.5 Å². The predicted molar refractivity (Wildman–Crippen MR) is 72.8 cm³/mol. The summed E-state index contributed by atoms with van der Waals surface area (Å²) in [6.07, 6.45) is 0.691. The molecule has 0 aromatic heterocycles. The zero-order valence-electron chi connectivity index (χ0n) is 10.6. The second-order valence-electron chi connectivity index (χ2n) is 5.28.